The van der Waals surface area contributed by atoms with E-state index in [0.717, 1.165) is 28.8 Å². The molecule has 2 amide bonds. The highest BCUT2D eigenvalue weighted by Crippen LogP contribution is 2.31. The standard InChI is InChI=1S/C24H22N2O3/c1-29-16-23(27)26-14-13-19-11-12-21(15-22(19)26)25-24(28)20-9-7-18(8-10-20)17-5-3-2-4-6-17/h2-12,15H,13-14,16H2,1H3,(H,25,28). The number of rotatable bonds is 5. The number of carbonyl (C=O) groups excluding carboxylic acids is 2. The van der Waals surface area contributed by atoms with Crippen molar-refractivity contribution < 1.29 is 14.3 Å². The molecule has 1 heterocycles. The molecule has 0 radical (unpaired) electrons. The molecule has 0 aromatic heterocycles. The number of fused-ring (bicyclic) bond motifs is 1. The van der Waals surface area contributed by atoms with Gasteiger partial charge in [-0.15, -0.1) is 0 Å². The van der Waals surface area contributed by atoms with Crippen molar-refractivity contribution >= 4 is 23.2 Å². The number of hydrogen-bond acceptors (Lipinski definition) is 3. The first-order valence-corrected chi connectivity index (χ1v) is 9.55. The van der Waals surface area contributed by atoms with Crippen LogP contribution in [0.5, 0.6) is 0 Å². The highest BCUT2D eigenvalue weighted by molar-refractivity contribution is 6.05. The molecule has 4 rings (SSSR count). The van der Waals surface area contributed by atoms with Gasteiger partial charge in [0.2, 0.25) is 0 Å². The van der Waals surface area contributed by atoms with Crippen LogP contribution in [0.15, 0.2) is 72.8 Å². The topological polar surface area (TPSA) is 58.6 Å². The zero-order valence-corrected chi connectivity index (χ0v) is 16.2. The minimum Gasteiger partial charge on any atom is -0.375 e. The monoisotopic (exact) mass is 386 g/mol. The van der Waals surface area contributed by atoms with Crippen molar-refractivity contribution in [1.29, 1.82) is 0 Å². The van der Waals surface area contributed by atoms with Gasteiger partial charge in [0.25, 0.3) is 11.8 Å². The van der Waals surface area contributed by atoms with Gasteiger partial charge in [-0.1, -0.05) is 48.5 Å². The van der Waals surface area contributed by atoms with Gasteiger partial charge in [0.1, 0.15) is 6.61 Å². The Labute approximate surface area is 169 Å². The van der Waals surface area contributed by atoms with Crippen LogP contribution in [0, 0.1) is 0 Å². The van der Waals surface area contributed by atoms with Gasteiger partial charge in [-0.05, 0) is 47.4 Å². The highest BCUT2D eigenvalue weighted by atomic mass is 16.5. The Hall–Kier alpha value is -3.44. The summed E-state index contributed by atoms with van der Waals surface area (Å²) in [5.41, 5.74) is 5.35. The Kier molecular flexibility index (Phi) is 5.40. The lowest BCUT2D eigenvalue weighted by Crippen LogP contribution is -2.32. The molecule has 0 unspecified atom stereocenters. The number of anilines is 2. The van der Waals surface area contributed by atoms with E-state index < -0.39 is 0 Å². The molecule has 1 aliphatic heterocycles. The molecule has 1 aliphatic rings. The summed E-state index contributed by atoms with van der Waals surface area (Å²) in [6.07, 6.45) is 0.806. The average molecular weight is 386 g/mol. The van der Waals surface area contributed by atoms with Gasteiger partial charge in [0, 0.05) is 30.6 Å². The molecule has 0 saturated heterocycles. The fraction of sp³-hybridized carbons (Fsp3) is 0.167. The van der Waals surface area contributed by atoms with Crippen LogP contribution in [-0.4, -0.2) is 32.1 Å². The Morgan fingerprint density at radius 1 is 0.966 bits per heavy atom. The van der Waals surface area contributed by atoms with Gasteiger partial charge in [0.05, 0.1) is 0 Å². The predicted molar refractivity (Wildman–Crippen MR) is 114 cm³/mol. The highest BCUT2D eigenvalue weighted by Gasteiger charge is 2.24. The van der Waals surface area contributed by atoms with Crippen molar-refractivity contribution in [2.75, 3.05) is 30.5 Å². The lowest BCUT2D eigenvalue weighted by Gasteiger charge is -2.17. The van der Waals surface area contributed by atoms with Gasteiger partial charge in [0.15, 0.2) is 0 Å². The molecule has 0 atom stereocenters. The quantitative estimate of drug-likeness (QED) is 0.717. The van der Waals surface area contributed by atoms with Crippen LogP contribution in [0.25, 0.3) is 11.1 Å². The zero-order chi connectivity index (χ0) is 20.2. The third-order valence-electron chi connectivity index (χ3n) is 5.06. The average Bonchev–Trinajstić information content (AvgIpc) is 3.18. The lowest BCUT2D eigenvalue weighted by atomic mass is 10.0. The van der Waals surface area contributed by atoms with Crippen molar-refractivity contribution in [1.82, 2.24) is 0 Å². The first-order chi connectivity index (χ1) is 14.2. The summed E-state index contributed by atoms with van der Waals surface area (Å²) in [5.74, 6) is -0.261. The summed E-state index contributed by atoms with van der Waals surface area (Å²) >= 11 is 0. The lowest BCUT2D eigenvalue weighted by molar-refractivity contribution is -0.122. The Balaban J connectivity index is 1.49. The van der Waals surface area contributed by atoms with E-state index in [1.165, 1.54) is 7.11 Å². The van der Waals surface area contributed by atoms with Crippen molar-refractivity contribution in [2.45, 2.75) is 6.42 Å². The van der Waals surface area contributed by atoms with Crippen molar-refractivity contribution in [3.63, 3.8) is 0 Å². The van der Waals surface area contributed by atoms with E-state index >= 15 is 0 Å². The van der Waals surface area contributed by atoms with E-state index in [1.807, 2.05) is 72.8 Å². The number of nitrogens with zero attached hydrogens (tertiary/aromatic N) is 1. The van der Waals surface area contributed by atoms with E-state index in [1.54, 1.807) is 4.90 Å². The first-order valence-electron chi connectivity index (χ1n) is 9.55. The molecule has 0 aliphatic carbocycles. The van der Waals surface area contributed by atoms with Gasteiger partial charge >= 0.3 is 0 Å². The van der Waals surface area contributed by atoms with Crippen LogP contribution in [0.4, 0.5) is 11.4 Å². The van der Waals surface area contributed by atoms with Crippen molar-refractivity contribution in [3.05, 3.63) is 83.9 Å². The third kappa shape index (κ3) is 4.05. The Bertz CT molecular complexity index is 1030. The second-order valence-corrected chi connectivity index (χ2v) is 6.97. The molecule has 3 aromatic carbocycles. The normalized spacial score (nSPS) is 12.5. The molecular weight excluding hydrogens is 364 g/mol. The molecule has 3 aromatic rings. The molecule has 5 nitrogen and oxygen atoms in total. The number of methoxy groups -OCH3 is 1. The van der Waals surface area contributed by atoms with Crippen molar-refractivity contribution in [3.8, 4) is 11.1 Å². The van der Waals surface area contributed by atoms with Crippen LogP contribution >= 0.6 is 0 Å². The fourth-order valence-corrected chi connectivity index (χ4v) is 3.57. The SMILES string of the molecule is COCC(=O)N1CCc2ccc(NC(=O)c3ccc(-c4ccccc4)cc3)cc21. The molecule has 0 bridgehead atoms. The van der Waals surface area contributed by atoms with E-state index in [9.17, 15) is 9.59 Å². The number of amides is 2. The fourth-order valence-electron chi connectivity index (χ4n) is 3.57. The smallest absolute Gasteiger partial charge is 0.255 e. The summed E-state index contributed by atoms with van der Waals surface area (Å²) in [5, 5.41) is 2.93. The molecule has 0 spiro atoms. The first kappa shape index (κ1) is 18.9. The predicted octanol–water partition coefficient (Wildman–Crippen LogP) is 4.14. The summed E-state index contributed by atoms with van der Waals surface area (Å²) in [4.78, 5) is 26.6. The van der Waals surface area contributed by atoms with Gasteiger partial charge in [-0.3, -0.25) is 9.59 Å². The maximum absolute atomic E-state index is 12.7. The molecule has 0 saturated carbocycles. The second-order valence-electron chi connectivity index (χ2n) is 6.97. The Morgan fingerprint density at radius 2 is 1.69 bits per heavy atom. The van der Waals surface area contributed by atoms with E-state index in [4.69, 9.17) is 4.74 Å². The summed E-state index contributed by atoms with van der Waals surface area (Å²) in [7, 11) is 1.51. The largest absolute Gasteiger partial charge is 0.375 e. The van der Waals surface area contributed by atoms with E-state index in [2.05, 4.69) is 5.32 Å². The van der Waals surface area contributed by atoms with Crippen LogP contribution in [0.3, 0.4) is 0 Å². The number of nitrogens with one attached hydrogen (secondary N) is 1. The molecule has 1 N–H and O–H groups in total. The molecule has 146 valence electrons. The van der Waals surface area contributed by atoms with Crippen LogP contribution < -0.4 is 10.2 Å². The van der Waals surface area contributed by atoms with Crippen LogP contribution in [0.2, 0.25) is 0 Å². The maximum Gasteiger partial charge on any atom is 0.255 e. The zero-order valence-electron chi connectivity index (χ0n) is 16.2. The van der Waals surface area contributed by atoms with Gasteiger partial charge in [-0.25, -0.2) is 0 Å². The van der Waals surface area contributed by atoms with Crippen LogP contribution in [-0.2, 0) is 16.0 Å². The number of benzene rings is 3. The van der Waals surface area contributed by atoms with Crippen molar-refractivity contribution in [2.24, 2.45) is 0 Å². The van der Waals surface area contributed by atoms with Crippen LogP contribution in [0.1, 0.15) is 15.9 Å². The van der Waals surface area contributed by atoms with Gasteiger partial charge < -0.3 is 15.0 Å². The minimum absolute atomic E-state index is 0.0454. The molecule has 29 heavy (non-hydrogen) atoms. The number of hydrogen-bond donors (Lipinski definition) is 1. The van der Waals surface area contributed by atoms with E-state index in [0.29, 0.717) is 17.8 Å². The summed E-state index contributed by atoms with van der Waals surface area (Å²) in [6.45, 7) is 0.680. The maximum atomic E-state index is 12.7. The molecular formula is C24H22N2O3. The Morgan fingerprint density at radius 3 is 2.41 bits per heavy atom. The number of ether oxygens (including phenoxy) is 1. The minimum atomic E-state index is -0.183. The summed E-state index contributed by atoms with van der Waals surface area (Å²) in [6, 6.07) is 23.2. The van der Waals surface area contributed by atoms with E-state index in [-0.39, 0.29) is 18.4 Å². The molecule has 5 heteroatoms. The summed E-state index contributed by atoms with van der Waals surface area (Å²) < 4.78 is 4.96. The molecule has 0 fully saturated rings. The second kappa shape index (κ2) is 8.29. The number of carbonyl (C=O) groups is 2. The van der Waals surface area contributed by atoms with Gasteiger partial charge in [-0.2, -0.15) is 0 Å². The third-order valence-corrected chi connectivity index (χ3v) is 5.06.